The fourth-order valence-electron chi connectivity index (χ4n) is 1.69. The first-order valence-electron chi connectivity index (χ1n) is 6.86. The topological polar surface area (TPSA) is 97.1 Å². The van der Waals surface area contributed by atoms with Crippen molar-refractivity contribution in [1.82, 2.24) is 4.98 Å². The lowest BCUT2D eigenvalue weighted by atomic mass is 10.2. The lowest BCUT2D eigenvalue weighted by Gasteiger charge is -2.04. The number of nitrogens with one attached hydrogen (secondary N) is 2. The van der Waals surface area contributed by atoms with Gasteiger partial charge in [-0.1, -0.05) is 24.3 Å². The number of anilines is 3. The molecule has 23 heavy (non-hydrogen) atoms. The van der Waals surface area contributed by atoms with E-state index in [0.717, 1.165) is 0 Å². The third-order valence-electron chi connectivity index (χ3n) is 2.75. The Bertz CT molecular complexity index is 739. The molecule has 1 heterocycles. The van der Waals surface area contributed by atoms with E-state index in [1.165, 1.54) is 24.3 Å². The van der Waals surface area contributed by atoms with Crippen LogP contribution in [0.2, 0.25) is 0 Å². The summed E-state index contributed by atoms with van der Waals surface area (Å²) in [6, 6.07) is 10.4. The SMILES string of the molecule is Nc1ccccc1NC(=O)/C=C/C=C/C(=O)Nc1cccnc1. The Kier molecular flexibility index (Phi) is 5.65. The second kappa shape index (κ2) is 8.14. The first kappa shape index (κ1) is 16.0. The van der Waals surface area contributed by atoms with Crippen molar-refractivity contribution in [3.8, 4) is 0 Å². The quantitative estimate of drug-likeness (QED) is 0.449. The van der Waals surface area contributed by atoms with Gasteiger partial charge in [-0.3, -0.25) is 14.6 Å². The zero-order valence-electron chi connectivity index (χ0n) is 12.3. The molecule has 1 aromatic carbocycles. The maximum atomic E-state index is 11.7. The smallest absolute Gasteiger partial charge is 0.248 e. The maximum absolute atomic E-state index is 11.7. The molecule has 2 rings (SSSR count). The number of allylic oxidation sites excluding steroid dienone is 2. The molecule has 0 aliphatic carbocycles. The van der Waals surface area contributed by atoms with Gasteiger partial charge in [0.15, 0.2) is 0 Å². The van der Waals surface area contributed by atoms with E-state index in [1.807, 2.05) is 0 Å². The molecule has 0 saturated carbocycles. The van der Waals surface area contributed by atoms with Crippen molar-refractivity contribution in [1.29, 1.82) is 0 Å². The van der Waals surface area contributed by atoms with Crippen LogP contribution in [-0.4, -0.2) is 16.8 Å². The fraction of sp³-hybridized carbons (Fsp3) is 0. The lowest BCUT2D eigenvalue weighted by Crippen LogP contribution is -2.09. The van der Waals surface area contributed by atoms with Gasteiger partial charge in [0.1, 0.15) is 0 Å². The van der Waals surface area contributed by atoms with E-state index in [2.05, 4.69) is 15.6 Å². The number of pyridine rings is 1. The zero-order chi connectivity index (χ0) is 16.5. The van der Waals surface area contributed by atoms with E-state index >= 15 is 0 Å². The summed E-state index contributed by atoms with van der Waals surface area (Å²) >= 11 is 0. The minimum Gasteiger partial charge on any atom is -0.397 e. The predicted molar refractivity (Wildman–Crippen MR) is 90.6 cm³/mol. The molecule has 0 fully saturated rings. The van der Waals surface area contributed by atoms with Crippen LogP contribution in [0.3, 0.4) is 0 Å². The van der Waals surface area contributed by atoms with Gasteiger partial charge in [0.25, 0.3) is 0 Å². The normalized spacial score (nSPS) is 10.8. The van der Waals surface area contributed by atoms with E-state index < -0.39 is 0 Å². The Morgan fingerprint density at radius 3 is 2.30 bits per heavy atom. The summed E-state index contributed by atoms with van der Waals surface area (Å²) in [7, 11) is 0. The van der Waals surface area contributed by atoms with Gasteiger partial charge in [0, 0.05) is 18.3 Å². The van der Waals surface area contributed by atoms with Crippen LogP contribution in [0.1, 0.15) is 0 Å². The summed E-state index contributed by atoms with van der Waals surface area (Å²) in [5, 5.41) is 5.28. The van der Waals surface area contributed by atoms with E-state index in [9.17, 15) is 9.59 Å². The molecule has 4 N–H and O–H groups in total. The minimum absolute atomic E-state index is 0.310. The van der Waals surface area contributed by atoms with Crippen LogP contribution in [0.4, 0.5) is 17.1 Å². The summed E-state index contributed by atoms with van der Waals surface area (Å²) in [6.45, 7) is 0. The molecule has 0 unspecified atom stereocenters. The Labute approximate surface area is 133 Å². The van der Waals surface area contributed by atoms with Gasteiger partial charge < -0.3 is 16.4 Å². The van der Waals surface area contributed by atoms with Crippen molar-refractivity contribution in [2.75, 3.05) is 16.4 Å². The molecular weight excluding hydrogens is 292 g/mol. The van der Waals surface area contributed by atoms with Crippen LogP contribution in [0.5, 0.6) is 0 Å². The number of nitrogens with zero attached hydrogens (tertiary/aromatic N) is 1. The number of hydrogen-bond donors (Lipinski definition) is 3. The third kappa shape index (κ3) is 5.47. The van der Waals surface area contributed by atoms with Crippen molar-refractivity contribution in [2.24, 2.45) is 0 Å². The molecule has 0 aliphatic rings. The van der Waals surface area contributed by atoms with Crippen LogP contribution in [0.15, 0.2) is 73.1 Å². The number of para-hydroxylation sites is 2. The van der Waals surface area contributed by atoms with Gasteiger partial charge >= 0.3 is 0 Å². The highest BCUT2D eigenvalue weighted by Gasteiger charge is 2.00. The average molecular weight is 308 g/mol. The molecule has 2 amide bonds. The number of benzene rings is 1. The Hall–Kier alpha value is -3.41. The van der Waals surface area contributed by atoms with Gasteiger partial charge in [-0.25, -0.2) is 0 Å². The Balaban J connectivity index is 1.82. The number of hydrogen-bond acceptors (Lipinski definition) is 4. The van der Waals surface area contributed by atoms with Crippen LogP contribution in [0, 0.1) is 0 Å². The highest BCUT2D eigenvalue weighted by Crippen LogP contribution is 2.16. The molecule has 0 spiro atoms. The van der Waals surface area contributed by atoms with Gasteiger partial charge in [0.2, 0.25) is 11.8 Å². The second-order valence-corrected chi connectivity index (χ2v) is 4.53. The van der Waals surface area contributed by atoms with Gasteiger partial charge in [-0.2, -0.15) is 0 Å². The Morgan fingerprint density at radius 1 is 0.957 bits per heavy atom. The first-order valence-corrected chi connectivity index (χ1v) is 6.86. The lowest BCUT2D eigenvalue weighted by molar-refractivity contribution is -0.112. The van der Waals surface area contributed by atoms with E-state index in [1.54, 1.807) is 48.8 Å². The summed E-state index contributed by atoms with van der Waals surface area (Å²) < 4.78 is 0. The number of aromatic nitrogens is 1. The van der Waals surface area contributed by atoms with Crippen molar-refractivity contribution < 1.29 is 9.59 Å². The number of amides is 2. The molecule has 0 atom stereocenters. The molecular formula is C17H16N4O2. The largest absolute Gasteiger partial charge is 0.397 e. The number of nitrogen functional groups attached to an aromatic ring is 1. The molecule has 0 bridgehead atoms. The van der Waals surface area contributed by atoms with Gasteiger partial charge in [0.05, 0.1) is 23.3 Å². The molecule has 0 saturated heterocycles. The average Bonchev–Trinajstić information content (AvgIpc) is 2.55. The van der Waals surface area contributed by atoms with Crippen molar-refractivity contribution in [3.63, 3.8) is 0 Å². The van der Waals surface area contributed by atoms with Crippen molar-refractivity contribution in [2.45, 2.75) is 0 Å². The number of rotatable bonds is 5. The van der Waals surface area contributed by atoms with Crippen LogP contribution >= 0.6 is 0 Å². The number of carbonyl (C=O) groups excluding carboxylic acids is 2. The van der Waals surface area contributed by atoms with Crippen molar-refractivity contribution >= 4 is 28.9 Å². The number of nitrogens with two attached hydrogens (primary N) is 1. The second-order valence-electron chi connectivity index (χ2n) is 4.53. The number of carbonyl (C=O) groups is 2. The highest BCUT2D eigenvalue weighted by atomic mass is 16.2. The zero-order valence-corrected chi connectivity index (χ0v) is 12.3. The monoisotopic (exact) mass is 308 g/mol. The van der Waals surface area contributed by atoms with Gasteiger partial charge in [-0.05, 0) is 24.3 Å². The molecule has 2 aromatic rings. The standard InChI is InChI=1S/C17H16N4O2/c18-14-7-1-2-8-15(14)21-17(23)10-4-3-9-16(22)20-13-6-5-11-19-12-13/h1-12H,18H2,(H,20,22)(H,21,23)/b9-3+,10-4+. The van der Waals surface area contributed by atoms with E-state index in [4.69, 9.17) is 5.73 Å². The summed E-state index contributed by atoms with van der Waals surface area (Å²) in [6.07, 6.45) is 8.72. The highest BCUT2D eigenvalue weighted by molar-refractivity contribution is 6.02. The van der Waals surface area contributed by atoms with Gasteiger partial charge in [-0.15, -0.1) is 0 Å². The summed E-state index contributed by atoms with van der Waals surface area (Å²) in [5.74, 6) is -0.643. The van der Waals surface area contributed by atoms with Crippen LogP contribution < -0.4 is 16.4 Å². The van der Waals surface area contributed by atoms with E-state index in [0.29, 0.717) is 17.1 Å². The van der Waals surface area contributed by atoms with E-state index in [-0.39, 0.29) is 11.8 Å². The first-order chi connectivity index (χ1) is 11.1. The fourth-order valence-corrected chi connectivity index (χ4v) is 1.69. The molecule has 0 aliphatic heterocycles. The predicted octanol–water partition coefficient (Wildman–Crippen LogP) is 2.35. The Morgan fingerprint density at radius 2 is 1.65 bits per heavy atom. The molecule has 0 radical (unpaired) electrons. The molecule has 6 heteroatoms. The maximum Gasteiger partial charge on any atom is 0.248 e. The third-order valence-corrected chi connectivity index (χ3v) is 2.75. The summed E-state index contributed by atoms with van der Waals surface area (Å²) in [4.78, 5) is 27.2. The molecule has 6 nitrogen and oxygen atoms in total. The van der Waals surface area contributed by atoms with Crippen LogP contribution in [-0.2, 0) is 9.59 Å². The van der Waals surface area contributed by atoms with Crippen LogP contribution in [0.25, 0.3) is 0 Å². The van der Waals surface area contributed by atoms with Crippen molar-refractivity contribution in [3.05, 3.63) is 73.1 Å². The minimum atomic E-state index is -0.333. The summed E-state index contributed by atoms with van der Waals surface area (Å²) in [5.41, 5.74) is 7.36. The molecule has 116 valence electrons. The molecule has 1 aromatic heterocycles.